The molecule has 3 aromatic rings. The second-order valence-electron chi connectivity index (χ2n) is 10.4. The van der Waals surface area contributed by atoms with Crippen LogP contribution >= 0.6 is 0 Å². The number of fused-ring (bicyclic) bond motifs is 1. The normalized spacial score (nSPS) is 21.4. The predicted octanol–water partition coefficient (Wildman–Crippen LogP) is 5.66. The zero-order chi connectivity index (χ0) is 26.2. The highest BCUT2D eigenvalue weighted by Crippen LogP contribution is 2.37. The Labute approximate surface area is 213 Å². The number of nitrogens with one attached hydrogen (secondary N) is 1. The van der Waals surface area contributed by atoms with Crippen molar-refractivity contribution >= 4 is 28.2 Å². The van der Waals surface area contributed by atoms with E-state index in [-0.39, 0.29) is 18.2 Å². The van der Waals surface area contributed by atoms with Crippen LogP contribution in [0.1, 0.15) is 67.7 Å². The first-order valence-corrected chi connectivity index (χ1v) is 13.0. The second-order valence-corrected chi connectivity index (χ2v) is 10.4. The molecule has 3 heterocycles. The van der Waals surface area contributed by atoms with Crippen LogP contribution in [0, 0.1) is 11.8 Å². The maximum Gasteiger partial charge on any atom is 0.433 e. The van der Waals surface area contributed by atoms with E-state index in [0.29, 0.717) is 24.8 Å². The van der Waals surface area contributed by atoms with Gasteiger partial charge in [-0.2, -0.15) is 18.3 Å². The van der Waals surface area contributed by atoms with E-state index in [1.807, 2.05) is 23.0 Å². The third-order valence-corrected chi connectivity index (χ3v) is 7.73. The Hall–Kier alpha value is -3.14. The number of carbonyl (C=O) groups is 1. The number of rotatable bonds is 5. The first kappa shape index (κ1) is 25.5. The molecule has 7 nitrogen and oxygen atoms in total. The molecule has 198 valence electrons. The fourth-order valence-corrected chi connectivity index (χ4v) is 5.40. The molecule has 1 aromatic carbocycles. The highest BCUT2D eigenvalue weighted by molar-refractivity contribution is 6.06. The minimum absolute atomic E-state index is 0.141. The first-order valence-electron chi connectivity index (χ1n) is 13.0. The number of aliphatic hydroxyl groups excluding tert-OH is 1. The van der Waals surface area contributed by atoms with Crippen LogP contribution in [0.25, 0.3) is 10.9 Å². The Bertz CT molecular complexity index is 1260. The van der Waals surface area contributed by atoms with Crippen molar-refractivity contribution in [1.29, 1.82) is 0 Å². The maximum absolute atomic E-state index is 13.1. The maximum atomic E-state index is 13.1. The molecule has 1 aliphatic heterocycles. The van der Waals surface area contributed by atoms with Crippen molar-refractivity contribution in [3.8, 4) is 0 Å². The van der Waals surface area contributed by atoms with Crippen molar-refractivity contribution in [1.82, 2.24) is 14.8 Å². The van der Waals surface area contributed by atoms with Crippen LogP contribution in [0.4, 0.5) is 24.5 Å². The van der Waals surface area contributed by atoms with Crippen LogP contribution in [-0.4, -0.2) is 45.5 Å². The summed E-state index contributed by atoms with van der Waals surface area (Å²) < 4.78 is 41.5. The minimum Gasteiger partial charge on any atom is -0.396 e. The molecule has 2 N–H and O–H groups in total. The summed E-state index contributed by atoms with van der Waals surface area (Å²) in [7, 11) is 0. The lowest BCUT2D eigenvalue weighted by Gasteiger charge is -2.34. The smallest absolute Gasteiger partial charge is 0.396 e. The summed E-state index contributed by atoms with van der Waals surface area (Å²) in [6, 6.07) is 7.44. The second kappa shape index (κ2) is 10.3. The summed E-state index contributed by atoms with van der Waals surface area (Å²) in [6.07, 6.45) is 3.45. The van der Waals surface area contributed by atoms with Gasteiger partial charge in [-0.15, -0.1) is 0 Å². The number of pyridine rings is 1. The van der Waals surface area contributed by atoms with Gasteiger partial charge in [0.15, 0.2) is 0 Å². The lowest BCUT2D eigenvalue weighted by molar-refractivity contribution is -0.141. The van der Waals surface area contributed by atoms with Gasteiger partial charge < -0.3 is 15.3 Å². The molecule has 0 bridgehead atoms. The lowest BCUT2D eigenvalue weighted by Crippen LogP contribution is -2.35. The van der Waals surface area contributed by atoms with Crippen LogP contribution in [0.3, 0.4) is 0 Å². The topological polar surface area (TPSA) is 83.3 Å². The standard InChI is InChI=1S/C27H32F3N5O2/c1-17-5-7-20(8-6-17)35-15-19-13-23(32-26(37)21-3-2-4-25(31-21)27(28,29)30)24(14-22(19)33-35)34-11-9-18(16-36)10-12-34/h2-4,13-15,17-18,20,36H,5-12,16H2,1H3,(H,32,37). The Kier molecular flexibility index (Phi) is 7.11. The summed E-state index contributed by atoms with van der Waals surface area (Å²) in [5.41, 5.74) is 0.688. The molecule has 0 spiro atoms. The molecule has 1 amide bonds. The van der Waals surface area contributed by atoms with Crippen LogP contribution in [0.15, 0.2) is 36.5 Å². The molecular formula is C27H32F3N5O2. The van der Waals surface area contributed by atoms with E-state index >= 15 is 0 Å². The summed E-state index contributed by atoms with van der Waals surface area (Å²) >= 11 is 0. The number of nitrogens with zero attached hydrogens (tertiary/aromatic N) is 4. The third kappa shape index (κ3) is 5.58. The van der Waals surface area contributed by atoms with E-state index in [0.717, 1.165) is 67.1 Å². The quantitative estimate of drug-likeness (QED) is 0.458. The molecule has 37 heavy (non-hydrogen) atoms. The number of halogens is 3. The number of aromatic nitrogens is 3. The average molecular weight is 516 g/mol. The van der Waals surface area contributed by atoms with Crippen LogP contribution < -0.4 is 10.2 Å². The van der Waals surface area contributed by atoms with Crippen LogP contribution in [0.2, 0.25) is 0 Å². The zero-order valence-electron chi connectivity index (χ0n) is 20.8. The Balaban J connectivity index is 1.47. The van der Waals surface area contributed by atoms with Crippen molar-refractivity contribution in [2.24, 2.45) is 11.8 Å². The Morgan fingerprint density at radius 2 is 1.84 bits per heavy atom. The van der Waals surface area contributed by atoms with Crippen LogP contribution in [-0.2, 0) is 6.18 Å². The van der Waals surface area contributed by atoms with Gasteiger partial charge in [0, 0.05) is 31.3 Å². The number of piperidine rings is 1. The van der Waals surface area contributed by atoms with Crippen molar-refractivity contribution in [2.75, 3.05) is 29.9 Å². The molecule has 10 heteroatoms. The SMILES string of the molecule is CC1CCC(n2cc3cc(NC(=O)c4cccc(C(F)(F)F)n4)c(N4CCC(CO)CC4)cc3n2)CC1. The number of benzene rings is 1. The highest BCUT2D eigenvalue weighted by Gasteiger charge is 2.33. The molecule has 1 saturated heterocycles. The molecule has 0 unspecified atom stereocenters. The van der Waals surface area contributed by atoms with Gasteiger partial charge in [0.2, 0.25) is 0 Å². The summed E-state index contributed by atoms with van der Waals surface area (Å²) in [4.78, 5) is 18.7. The predicted molar refractivity (Wildman–Crippen MR) is 136 cm³/mol. The molecule has 2 aromatic heterocycles. The van der Waals surface area contributed by atoms with E-state index < -0.39 is 17.8 Å². The highest BCUT2D eigenvalue weighted by atomic mass is 19.4. The molecule has 1 aliphatic carbocycles. The van der Waals surface area contributed by atoms with Crippen molar-refractivity contribution in [2.45, 2.75) is 57.7 Å². The number of amides is 1. The Morgan fingerprint density at radius 3 is 2.51 bits per heavy atom. The van der Waals surface area contributed by atoms with Crippen molar-refractivity contribution in [3.05, 3.63) is 47.9 Å². The molecule has 1 saturated carbocycles. The van der Waals surface area contributed by atoms with E-state index in [1.165, 1.54) is 12.1 Å². The van der Waals surface area contributed by atoms with Gasteiger partial charge in [0.05, 0.1) is 22.9 Å². The lowest BCUT2D eigenvalue weighted by atomic mass is 9.87. The number of aliphatic hydroxyl groups is 1. The zero-order valence-corrected chi connectivity index (χ0v) is 20.8. The van der Waals surface area contributed by atoms with E-state index in [9.17, 15) is 23.1 Å². The van der Waals surface area contributed by atoms with E-state index in [4.69, 9.17) is 5.10 Å². The minimum atomic E-state index is -4.64. The number of carbonyl (C=O) groups excluding carboxylic acids is 1. The van der Waals surface area contributed by atoms with Gasteiger partial charge in [-0.05, 0) is 74.6 Å². The van der Waals surface area contributed by atoms with E-state index in [1.54, 1.807) is 0 Å². The molecule has 5 rings (SSSR count). The van der Waals surface area contributed by atoms with Gasteiger partial charge in [-0.25, -0.2) is 4.98 Å². The third-order valence-electron chi connectivity index (χ3n) is 7.73. The first-order chi connectivity index (χ1) is 17.7. The number of hydrogen-bond donors (Lipinski definition) is 2. The number of alkyl halides is 3. The average Bonchev–Trinajstić information content (AvgIpc) is 3.31. The van der Waals surface area contributed by atoms with Gasteiger partial charge in [0.1, 0.15) is 11.4 Å². The van der Waals surface area contributed by atoms with Gasteiger partial charge in [-0.3, -0.25) is 9.48 Å². The monoisotopic (exact) mass is 515 g/mol. The molecule has 0 radical (unpaired) electrons. The number of hydrogen-bond acceptors (Lipinski definition) is 5. The summed E-state index contributed by atoms with van der Waals surface area (Å²) in [5, 5.41) is 18.1. The molecular weight excluding hydrogens is 483 g/mol. The molecule has 0 atom stereocenters. The fraction of sp³-hybridized carbons (Fsp3) is 0.519. The van der Waals surface area contributed by atoms with Crippen molar-refractivity contribution in [3.63, 3.8) is 0 Å². The van der Waals surface area contributed by atoms with Crippen LogP contribution in [0.5, 0.6) is 0 Å². The summed E-state index contributed by atoms with van der Waals surface area (Å²) in [6.45, 7) is 3.81. The molecule has 2 fully saturated rings. The Morgan fingerprint density at radius 1 is 1.11 bits per heavy atom. The largest absolute Gasteiger partial charge is 0.433 e. The van der Waals surface area contributed by atoms with Gasteiger partial charge in [-0.1, -0.05) is 13.0 Å². The molecule has 2 aliphatic rings. The van der Waals surface area contributed by atoms with Gasteiger partial charge in [0.25, 0.3) is 5.91 Å². The van der Waals surface area contributed by atoms with Gasteiger partial charge >= 0.3 is 6.18 Å². The van der Waals surface area contributed by atoms with Crippen molar-refractivity contribution < 1.29 is 23.1 Å². The fourth-order valence-electron chi connectivity index (χ4n) is 5.40. The summed E-state index contributed by atoms with van der Waals surface area (Å²) in [5.74, 6) is 0.256. The van der Waals surface area contributed by atoms with E-state index in [2.05, 4.69) is 22.1 Å². The number of anilines is 2.